The Morgan fingerprint density at radius 2 is 1.59 bits per heavy atom. The molecule has 0 aliphatic rings. The summed E-state index contributed by atoms with van der Waals surface area (Å²) in [5.41, 5.74) is 1.21. The summed E-state index contributed by atoms with van der Waals surface area (Å²) in [7, 11) is -3.79. The Morgan fingerprint density at radius 1 is 1.00 bits per heavy atom. The van der Waals surface area contributed by atoms with E-state index >= 15 is 0 Å². The van der Waals surface area contributed by atoms with Crippen molar-refractivity contribution in [2.45, 2.75) is 44.9 Å². The normalized spacial score (nSPS) is 11.5. The lowest BCUT2D eigenvalue weighted by molar-refractivity contribution is -0.130. The Labute approximate surface area is 173 Å². The molecule has 7 heteroatoms. The topological polar surface area (TPSA) is 66.5 Å². The van der Waals surface area contributed by atoms with E-state index in [4.69, 9.17) is 0 Å². The van der Waals surface area contributed by atoms with E-state index in [1.54, 1.807) is 24.3 Å². The first-order valence-electron chi connectivity index (χ1n) is 9.94. The Hall–Kier alpha value is -2.41. The third-order valence-corrected chi connectivity index (χ3v) is 6.45. The van der Waals surface area contributed by atoms with E-state index in [9.17, 15) is 17.6 Å². The van der Waals surface area contributed by atoms with Gasteiger partial charge in [-0.15, -0.1) is 0 Å². The second-order valence-electron chi connectivity index (χ2n) is 7.05. The van der Waals surface area contributed by atoms with Crippen LogP contribution in [0.1, 0.15) is 39.2 Å². The van der Waals surface area contributed by atoms with Crippen molar-refractivity contribution in [3.63, 3.8) is 0 Å². The predicted octanol–water partition coefficient (Wildman–Crippen LogP) is 4.45. The molecule has 0 saturated carbocycles. The minimum absolute atomic E-state index is 0.0156. The van der Waals surface area contributed by atoms with Crippen molar-refractivity contribution in [1.82, 2.24) is 4.90 Å². The molecule has 158 valence electrons. The standard InChI is InChI=1S/C22H29FN2O3S/c1-4-17(5-2)16-25(6-3)22(26)15-18-7-11-20(12-8-18)24-29(27,28)21-13-9-19(23)10-14-21/h7-14,17,24H,4-6,15-16H2,1-3H3. The minimum atomic E-state index is -3.79. The smallest absolute Gasteiger partial charge is 0.261 e. The van der Waals surface area contributed by atoms with Gasteiger partial charge < -0.3 is 4.90 Å². The van der Waals surface area contributed by atoms with Crippen LogP contribution in [0.25, 0.3) is 0 Å². The average Bonchev–Trinajstić information content (AvgIpc) is 2.70. The zero-order chi connectivity index (χ0) is 21.4. The number of benzene rings is 2. The Morgan fingerprint density at radius 3 is 2.10 bits per heavy atom. The SMILES string of the molecule is CCC(CC)CN(CC)C(=O)Cc1ccc(NS(=O)(=O)c2ccc(F)cc2)cc1. The summed E-state index contributed by atoms with van der Waals surface area (Å²) in [6, 6.07) is 11.4. The van der Waals surface area contributed by atoms with E-state index in [1.165, 1.54) is 12.1 Å². The molecule has 0 aliphatic carbocycles. The Balaban J connectivity index is 2.02. The molecule has 0 radical (unpaired) electrons. The van der Waals surface area contributed by atoms with Crippen molar-refractivity contribution in [3.05, 3.63) is 59.9 Å². The van der Waals surface area contributed by atoms with Crippen LogP contribution in [0.2, 0.25) is 0 Å². The first-order chi connectivity index (χ1) is 13.8. The number of carbonyl (C=O) groups excluding carboxylic acids is 1. The monoisotopic (exact) mass is 420 g/mol. The summed E-state index contributed by atoms with van der Waals surface area (Å²) < 4.78 is 40.2. The summed E-state index contributed by atoms with van der Waals surface area (Å²) in [4.78, 5) is 14.5. The molecule has 0 fully saturated rings. The van der Waals surface area contributed by atoms with Crippen LogP contribution in [0.4, 0.5) is 10.1 Å². The van der Waals surface area contributed by atoms with Crippen molar-refractivity contribution >= 4 is 21.6 Å². The molecule has 2 aromatic carbocycles. The van der Waals surface area contributed by atoms with Gasteiger partial charge in [0.05, 0.1) is 11.3 Å². The van der Waals surface area contributed by atoms with Gasteiger partial charge in [0.15, 0.2) is 0 Å². The van der Waals surface area contributed by atoms with E-state index in [1.807, 2.05) is 11.8 Å². The molecule has 0 spiro atoms. The van der Waals surface area contributed by atoms with Gasteiger partial charge in [-0.2, -0.15) is 0 Å². The number of hydrogen-bond acceptors (Lipinski definition) is 3. The lowest BCUT2D eigenvalue weighted by Crippen LogP contribution is -2.36. The van der Waals surface area contributed by atoms with Crippen molar-refractivity contribution < 1.29 is 17.6 Å². The van der Waals surface area contributed by atoms with Crippen molar-refractivity contribution in [3.8, 4) is 0 Å². The fraction of sp³-hybridized carbons (Fsp3) is 0.409. The number of likely N-dealkylation sites (N-methyl/N-ethyl adjacent to an activating group) is 1. The zero-order valence-electron chi connectivity index (χ0n) is 17.2. The third kappa shape index (κ3) is 6.56. The highest BCUT2D eigenvalue weighted by Gasteiger charge is 2.17. The van der Waals surface area contributed by atoms with Gasteiger partial charge in [-0.25, -0.2) is 12.8 Å². The quantitative estimate of drug-likeness (QED) is 0.617. The predicted molar refractivity (Wildman–Crippen MR) is 114 cm³/mol. The molecule has 2 aromatic rings. The maximum absolute atomic E-state index is 13.0. The van der Waals surface area contributed by atoms with Crippen LogP contribution >= 0.6 is 0 Å². The summed E-state index contributed by atoms with van der Waals surface area (Å²) in [5.74, 6) is 0.0736. The molecule has 0 heterocycles. The lowest BCUT2D eigenvalue weighted by Gasteiger charge is -2.25. The Kier molecular flexibility index (Phi) is 8.20. The first-order valence-corrected chi connectivity index (χ1v) is 11.4. The third-order valence-electron chi connectivity index (χ3n) is 5.05. The van der Waals surface area contributed by atoms with Gasteiger partial charge in [-0.3, -0.25) is 9.52 Å². The van der Waals surface area contributed by atoms with Gasteiger partial charge in [-0.1, -0.05) is 38.8 Å². The van der Waals surface area contributed by atoms with Gasteiger partial charge in [0.25, 0.3) is 10.0 Å². The summed E-state index contributed by atoms with van der Waals surface area (Å²) in [5, 5.41) is 0. The van der Waals surface area contributed by atoms with Gasteiger partial charge in [0.1, 0.15) is 5.82 Å². The van der Waals surface area contributed by atoms with Gasteiger partial charge in [0.2, 0.25) is 5.91 Å². The molecule has 1 amide bonds. The molecule has 0 bridgehead atoms. The number of nitrogens with zero attached hydrogens (tertiary/aromatic N) is 1. The van der Waals surface area contributed by atoms with E-state index in [0.29, 0.717) is 18.2 Å². The van der Waals surface area contributed by atoms with E-state index in [0.717, 1.165) is 37.1 Å². The number of amides is 1. The molecule has 0 unspecified atom stereocenters. The molecular weight excluding hydrogens is 391 g/mol. The van der Waals surface area contributed by atoms with Crippen molar-refractivity contribution in [1.29, 1.82) is 0 Å². The van der Waals surface area contributed by atoms with Gasteiger partial charge in [0, 0.05) is 18.8 Å². The molecule has 0 aromatic heterocycles. The number of sulfonamides is 1. The number of hydrogen-bond donors (Lipinski definition) is 1. The van der Waals surface area contributed by atoms with Gasteiger partial charge in [-0.05, 0) is 54.8 Å². The minimum Gasteiger partial charge on any atom is -0.342 e. The van der Waals surface area contributed by atoms with E-state index in [2.05, 4.69) is 18.6 Å². The number of carbonyl (C=O) groups is 1. The maximum atomic E-state index is 13.0. The highest BCUT2D eigenvalue weighted by molar-refractivity contribution is 7.92. The number of rotatable bonds is 10. The van der Waals surface area contributed by atoms with Crippen LogP contribution in [0, 0.1) is 11.7 Å². The highest BCUT2D eigenvalue weighted by Crippen LogP contribution is 2.18. The molecule has 1 N–H and O–H groups in total. The largest absolute Gasteiger partial charge is 0.342 e. The van der Waals surface area contributed by atoms with Crippen molar-refractivity contribution in [2.75, 3.05) is 17.8 Å². The maximum Gasteiger partial charge on any atom is 0.261 e. The zero-order valence-corrected chi connectivity index (χ0v) is 18.0. The molecular formula is C22H29FN2O3S. The first kappa shape index (κ1) is 22.9. The lowest BCUT2D eigenvalue weighted by atomic mass is 10.0. The molecule has 0 saturated heterocycles. The average molecular weight is 421 g/mol. The second-order valence-corrected chi connectivity index (χ2v) is 8.73. The summed E-state index contributed by atoms with van der Waals surface area (Å²) in [6.45, 7) is 7.69. The Bertz CT molecular complexity index is 893. The van der Waals surface area contributed by atoms with Crippen LogP contribution in [-0.4, -0.2) is 32.3 Å². The number of nitrogens with one attached hydrogen (secondary N) is 1. The van der Waals surface area contributed by atoms with Crippen LogP contribution < -0.4 is 4.72 Å². The van der Waals surface area contributed by atoms with E-state index in [-0.39, 0.29) is 17.2 Å². The summed E-state index contributed by atoms with van der Waals surface area (Å²) >= 11 is 0. The highest BCUT2D eigenvalue weighted by atomic mass is 32.2. The van der Waals surface area contributed by atoms with Crippen LogP contribution in [-0.2, 0) is 21.2 Å². The van der Waals surface area contributed by atoms with Crippen LogP contribution in [0.5, 0.6) is 0 Å². The molecule has 5 nitrogen and oxygen atoms in total. The van der Waals surface area contributed by atoms with E-state index < -0.39 is 15.8 Å². The van der Waals surface area contributed by atoms with Crippen LogP contribution in [0.15, 0.2) is 53.4 Å². The second kappa shape index (κ2) is 10.4. The fourth-order valence-corrected chi connectivity index (χ4v) is 4.13. The number of halogens is 1. The molecule has 2 rings (SSSR count). The molecule has 0 aliphatic heterocycles. The molecule has 29 heavy (non-hydrogen) atoms. The fourth-order valence-electron chi connectivity index (χ4n) is 3.07. The van der Waals surface area contributed by atoms with Gasteiger partial charge >= 0.3 is 0 Å². The number of anilines is 1. The van der Waals surface area contributed by atoms with Crippen molar-refractivity contribution in [2.24, 2.45) is 5.92 Å². The van der Waals surface area contributed by atoms with Crippen LogP contribution in [0.3, 0.4) is 0 Å². The molecule has 0 atom stereocenters. The summed E-state index contributed by atoms with van der Waals surface area (Å²) in [6.07, 6.45) is 2.37.